The van der Waals surface area contributed by atoms with Gasteiger partial charge in [0.25, 0.3) is 0 Å². The standard InChI is InChI=1S/C10H8BrFOS/c1-2-13-9-4-6-3-7(12)5-8(11)10(6)14-9/h3-5H,2H2,1H3. The Morgan fingerprint density at radius 2 is 2.21 bits per heavy atom. The molecule has 1 nitrogen and oxygen atoms in total. The van der Waals surface area contributed by atoms with Gasteiger partial charge in [0.05, 0.1) is 11.3 Å². The summed E-state index contributed by atoms with van der Waals surface area (Å²) in [5.41, 5.74) is 0. The fraction of sp³-hybridized carbons (Fsp3) is 0.200. The monoisotopic (exact) mass is 274 g/mol. The molecule has 0 spiro atoms. The van der Waals surface area contributed by atoms with Crippen LogP contribution in [0.2, 0.25) is 0 Å². The van der Waals surface area contributed by atoms with Crippen LogP contribution in [0.25, 0.3) is 10.1 Å². The van der Waals surface area contributed by atoms with E-state index in [-0.39, 0.29) is 5.82 Å². The van der Waals surface area contributed by atoms with Gasteiger partial charge in [-0.1, -0.05) is 11.3 Å². The maximum absolute atomic E-state index is 13.0. The van der Waals surface area contributed by atoms with Crippen LogP contribution in [0.1, 0.15) is 6.92 Å². The maximum atomic E-state index is 13.0. The van der Waals surface area contributed by atoms with E-state index in [4.69, 9.17) is 4.74 Å². The molecule has 74 valence electrons. The lowest BCUT2D eigenvalue weighted by Gasteiger charge is -1.94. The molecule has 0 fully saturated rings. The van der Waals surface area contributed by atoms with Crippen LogP contribution in [0.3, 0.4) is 0 Å². The average Bonchev–Trinajstić information content (AvgIpc) is 2.48. The molecule has 2 aromatic rings. The van der Waals surface area contributed by atoms with Crippen LogP contribution in [0.15, 0.2) is 22.7 Å². The van der Waals surface area contributed by atoms with E-state index in [2.05, 4.69) is 15.9 Å². The zero-order chi connectivity index (χ0) is 10.1. The Kier molecular flexibility index (Phi) is 2.74. The molecule has 14 heavy (non-hydrogen) atoms. The number of thiophene rings is 1. The molecule has 0 saturated carbocycles. The molecule has 1 aromatic carbocycles. The van der Waals surface area contributed by atoms with E-state index in [0.29, 0.717) is 6.61 Å². The van der Waals surface area contributed by atoms with Crippen LogP contribution in [0, 0.1) is 5.82 Å². The molecule has 0 N–H and O–H groups in total. The summed E-state index contributed by atoms with van der Waals surface area (Å²) in [5.74, 6) is -0.231. The lowest BCUT2D eigenvalue weighted by Crippen LogP contribution is -1.86. The predicted molar refractivity (Wildman–Crippen MR) is 60.7 cm³/mol. The van der Waals surface area contributed by atoms with Gasteiger partial charge in [0, 0.05) is 9.86 Å². The van der Waals surface area contributed by atoms with Crippen molar-refractivity contribution in [2.24, 2.45) is 0 Å². The number of benzene rings is 1. The van der Waals surface area contributed by atoms with E-state index in [1.807, 2.05) is 13.0 Å². The molecular formula is C10H8BrFOS. The maximum Gasteiger partial charge on any atom is 0.174 e. The second kappa shape index (κ2) is 3.87. The number of hydrogen-bond donors (Lipinski definition) is 0. The van der Waals surface area contributed by atoms with E-state index in [1.165, 1.54) is 23.5 Å². The Labute approximate surface area is 93.6 Å². The summed E-state index contributed by atoms with van der Waals surface area (Å²) in [6, 6.07) is 4.84. The molecule has 4 heteroatoms. The lowest BCUT2D eigenvalue weighted by molar-refractivity contribution is 0.350. The first-order valence-electron chi connectivity index (χ1n) is 4.22. The average molecular weight is 275 g/mol. The molecule has 1 aromatic heterocycles. The van der Waals surface area contributed by atoms with Crippen LogP contribution in [-0.4, -0.2) is 6.61 Å². The van der Waals surface area contributed by atoms with Crippen molar-refractivity contribution in [3.63, 3.8) is 0 Å². The van der Waals surface area contributed by atoms with E-state index in [0.717, 1.165) is 19.6 Å². The molecule has 0 saturated heterocycles. The number of fused-ring (bicyclic) bond motifs is 1. The SMILES string of the molecule is CCOc1cc2cc(F)cc(Br)c2s1. The molecule has 0 unspecified atom stereocenters. The highest BCUT2D eigenvalue weighted by Gasteiger charge is 2.07. The molecule has 0 amide bonds. The van der Waals surface area contributed by atoms with Crippen LogP contribution < -0.4 is 4.74 Å². The van der Waals surface area contributed by atoms with Crippen molar-refractivity contribution < 1.29 is 9.13 Å². The largest absolute Gasteiger partial charge is 0.484 e. The zero-order valence-electron chi connectivity index (χ0n) is 7.51. The highest BCUT2D eigenvalue weighted by molar-refractivity contribution is 9.10. The second-order valence-electron chi connectivity index (χ2n) is 2.80. The van der Waals surface area contributed by atoms with Crippen LogP contribution in [0.4, 0.5) is 4.39 Å². The van der Waals surface area contributed by atoms with E-state index in [1.54, 1.807) is 0 Å². The summed E-state index contributed by atoms with van der Waals surface area (Å²) in [5, 5.41) is 1.71. The molecule has 0 atom stereocenters. The number of ether oxygens (including phenoxy) is 1. The quantitative estimate of drug-likeness (QED) is 0.798. The number of halogens is 2. The predicted octanol–water partition coefficient (Wildman–Crippen LogP) is 4.20. The lowest BCUT2D eigenvalue weighted by atomic mass is 10.2. The highest BCUT2D eigenvalue weighted by atomic mass is 79.9. The highest BCUT2D eigenvalue weighted by Crippen LogP contribution is 2.37. The van der Waals surface area contributed by atoms with Gasteiger partial charge in [-0.3, -0.25) is 0 Å². The second-order valence-corrected chi connectivity index (χ2v) is 4.67. The van der Waals surface area contributed by atoms with Gasteiger partial charge in [-0.15, -0.1) is 0 Å². The Morgan fingerprint density at radius 3 is 2.93 bits per heavy atom. The topological polar surface area (TPSA) is 9.23 Å². The van der Waals surface area contributed by atoms with Crippen molar-refractivity contribution >= 4 is 37.4 Å². The van der Waals surface area contributed by atoms with Gasteiger partial charge in [-0.2, -0.15) is 0 Å². The molecule has 2 rings (SSSR count). The minimum absolute atomic E-state index is 0.231. The molecule has 1 heterocycles. The first-order valence-corrected chi connectivity index (χ1v) is 5.83. The van der Waals surface area contributed by atoms with Gasteiger partial charge >= 0.3 is 0 Å². The fourth-order valence-corrected chi connectivity index (χ4v) is 2.91. The smallest absolute Gasteiger partial charge is 0.174 e. The van der Waals surface area contributed by atoms with Crippen molar-refractivity contribution in [2.75, 3.05) is 6.61 Å². The number of hydrogen-bond acceptors (Lipinski definition) is 2. The van der Waals surface area contributed by atoms with Gasteiger partial charge in [-0.05, 0) is 41.1 Å². The van der Waals surface area contributed by atoms with E-state index < -0.39 is 0 Å². The third kappa shape index (κ3) is 1.77. The van der Waals surface area contributed by atoms with Crippen molar-refractivity contribution in [3.05, 3.63) is 28.5 Å². The number of rotatable bonds is 2. The Morgan fingerprint density at radius 1 is 1.43 bits per heavy atom. The van der Waals surface area contributed by atoms with Crippen LogP contribution in [0.5, 0.6) is 5.06 Å². The Hall–Kier alpha value is -0.610. The van der Waals surface area contributed by atoms with Crippen molar-refractivity contribution in [1.82, 2.24) is 0 Å². The van der Waals surface area contributed by atoms with Crippen molar-refractivity contribution in [2.45, 2.75) is 6.92 Å². The minimum Gasteiger partial charge on any atom is -0.484 e. The van der Waals surface area contributed by atoms with Crippen molar-refractivity contribution in [1.29, 1.82) is 0 Å². The summed E-state index contributed by atoms with van der Waals surface area (Å²) < 4.78 is 20.2. The normalized spacial score (nSPS) is 10.8. The zero-order valence-corrected chi connectivity index (χ0v) is 9.91. The summed E-state index contributed by atoms with van der Waals surface area (Å²) >= 11 is 4.85. The van der Waals surface area contributed by atoms with Crippen LogP contribution in [-0.2, 0) is 0 Å². The molecule has 0 aliphatic carbocycles. The van der Waals surface area contributed by atoms with Gasteiger partial charge in [0.1, 0.15) is 5.82 Å². The van der Waals surface area contributed by atoms with E-state index >= 15 is 0 Å². The third-order valence-corrected chi connectivity index (χ3v) is 3.78. The molecular weight excluding hydrogens is 267 g/mol. The summed E-state index contributed by atoms with van der Waals surface area (Å²) in [6.45, 7) is 2.56. The molecule has 0 aliphatic heterocycles. The Bertz CT molecular complexity index is 466. The van der Waals surface area contributed by atoms with Crippen LogP contribution >= 0.6 is 27.3 Å². The fourth-order valence-electron chi connectivity index (χ4n) is 1.27. The molecule has 0 radical (unpaired) electrons. The first kappa shape index (κ1) is 9.93. The van der Waals surface area contributed by atoms with Gasteiger partial charge < -0.3 is 4.74 Å². The first-order chi connectivity index (χ1) is 6.70. The van der Waals surface area contributed by atoms with Gasteiger partial charge in [0.2, 0.25) is 0 Å². The molecule has 0 bridgehead atoms. The minimum atomic E-state index is -0.231. The van der Waals surface area contributed by atoms with Gasteiger partial charge in [-0.25, -0.2) is 4.39 Å². The Balaban J connectivity index is 2.58. The molecule has 0 aliphatic rings. The summed E-state index contributed by atoms with van der Waals surface area (Å²) in [6.07, 6.45) is 0. The van der Waals surface area contributed by atoms with Gasteiger partial charge in [0.15, 0.2) is 5.06 Å². The summed E-state index contributed by atoms with van der Waals surface area (Å²) in [4.78, 5) is 0. The summed E-state index contributed by atoms with van der Waals surface area (Å²) in [7, 11) is 0. The third-order valence-electron chi connectivity index (χ3n) is 1.80. The van der Waals surface area contributed by atoms with Crippen molar-refractivity contribution in [3.8, 4) is 5.06 Å². The van der Waals surface area contributed by atoms with E-state index in [9.17, 15) is 4.39 Å².